The van der Waals surface area contributed by atoms with Crippen molar-refractivity contribution in [1.82, 2.24) is 10.3 Å². The second-order valence-corrected chi connectivity index (χ2v) is 9.60. The van der Waals surface area contributed by atoms with Crippen LogP contribution in [0.15, 0.2) is 83.9 Å². The fourth-order valence-corrected chi connectivity index (χ4v) is 5.43. The summed E-state index contributed by atoms with van der Waals surface area (Å²) in [7, 11) is 0. The van der Waals surface area contributed by atoms with Gasteiger partial charge in [0.2, 0.25) is 0 Å². The van der Waals surface area contributed by atoms with Crippen molar-refractivity contribution < 1.29 is 17.9 Å². The lowest BCUT2D eigenvalue weighted by molar-refractivity contribution is -0.136. The van der Waals surface area contributed by atoms with Crippen molar-refractivity contribution in [3.05, 3.63) is 84.6 Å². The van der Waals surface area contributed by atoms with Crippen molar-refractivity contribution in [3.8, 4) is 22.6 Å². The zero-order chi connectivity index (χ0) is 23.5. The van der Waals surface area contributed by atoms with Crippen LogP contribution in [-0.2, 0) is 6.18 Å². The van der Waals surface area contributed by atoms with Crippen LogP contribution < -0.4 is 10.1 Å². The van der Waals surface area contributed by atoms with E-state index in [1.165, 1.54) is 17.2 Å². The summed E-state index contributed by atoms with van der Waals surface area (Å²) in [5.41, 5.74) is 0.657. The molecule has 0 spiro atoms. The van der Waals surface area contributed by atoms with E-state index in [1.54, 1.807) is 12.1 Å². The topological polar surface area (TPSA) is 34.1 Å². The van der Waals surface area contributed by atoms with Crippen molar-refractivity contribution in [2.75, 3.05) is 13.1 Å². The van der Waals surface area contributed by atoms with Gasteiger partial charge in [-0.15, -0.1) is 11.8 Å². The number of pyridine rings is 1. The molecule has 0 atom stereocenters. The van der Waals surface area contributed by atoms with Gasteiger partial charge in [0, 0.05) is 21.7 Å². The van der Waals surface area contributed by atoms with Crippen LogP contribution in [-0.4, -0.2) is 23.3 Å². The highest BCUT2D eigenvalue weighted by molar-refractivity contribution is 8.00. The van der Waals surface area contributed by atoms with Gasteiger partial charge in [-0.3, -0.25) is 4.98 Å². The largest absolute Gasteiger partial charge is 0.457 e. The summed E-state index contributed by atoms with van der Waals surface area (Å²) in [5.74, 6) is 1.36. The summed E-state index contributed by atoms with van der Waals surface area (Å²) < 4.78 is 46.6. The Morgan fingerprint density at radius 1 is 0.882 bits per heavy atom. The molecule has 4 aromatic rings. The molecule has 1 aliphatic heterocycles. The first kappa shape index (κ1) is 22.7. The number of para-hydroxylation sites is 1. The van der Waals surface area contributed by atoms with Gasteiger partial charge in [0.25, 0.3) is 0 Å². The van der Waals surface area contributed by atoms with Gasteiger partial charge in [0.1, 0.15) is 11.5 Å². The summed E-state index contributed by atoms with van der Waals surface area (Å²) in [6.45, 7) is 2.10. The van der Waals surface area contributed by atoms with E-state index in [2.05, 4.69) is 16.4 Å². The number of halogens is 3. The van der Waals surface area contributed by atoms with Gasteiger partial charge in [-0.05, 0) is 79.5 Å². The van der Waals surface area contributed by atoms with Gasteiger partial charge >= 0.3 is 6.18 Å². The number of thioether (sulfide) groups is 1. The highest BCUT2D eigenvalue weighted by Gasteiger charge is 2.33. The molecule has 0 amide bonds. The lowest BCUT2D eigenvalue weighted by atomic mass is 9.99. The molecular formula is C27H23F3N2OS. The molecule has 3 nitrogen and oxygen atoms in total. The second kappa shape index (κ2) is 9.68. The van der Waals surface area contributed by atoms with Crippen LogP contribution >= 0.6 is 11.8 Å². The van der Waals surface area contributed by atoms with E-state index in [-0.39, 0.29) is 5.52 Å². The molecule has 1 aromatic heterocycles. The molecule has 0 radical (unpaired) electrons. The smallest absolute Gasteiger partial charge is 0.418 e. The molecule has 3 aromatic carbocycles. The molecule has 7 heteroatoms. The van der Waals surface area contributed by atoms with Crippen molar-refractivity contribution in [1.29, 1.82) is 0 Å². The number of fused-ring (bicyclic) bond motifs is 1. The Morgan fingerprint density at radius 3 is 2.41 bits per heavy atom. The Labute approximate surface area is 200 Å². The fraction of sp³-hybridized carbons (Fsp3) is 0.222. The van der Waals surface area contributed by atoms with Gasteiger partial charge < -0.3 is 10.1 Å². The minimum absolute atomic E-state index is 0.0542. The van der Waals surface area contributed by atoms with Crippen LogP contribution in [0.5, 0.6) is 11.5 Å². The molecule has 5 rings (SSSR count). The molecule has 0 aliphatic carbocycles. The van der Waals surface area contributed by atoms with Crippen molar-refractivity contribution in [2.24, 2.45) is 0 Å². The molecule has 1 fully saturated rings. The van der Waals surface area contributed by atoms with Crippen LogP contribution in [0.25, 0.3) is 22.0 Å². The van der Waals surface area contributed by atoms with Crippen LogP contribution in [0.4, 0.5) is 13.2 Å². The second-order valence-electron chi connectivity index (χ2n) is 8.23. The first-order valence-corrected chi connectivity index (χ1v) is 12.1. The predicted molar refractivity (Wildman–Crippen MR) is 130 cm³/mol. The summed E-state index contributed by atoms with van der Waals surface area (Å²) >= 11 is 1.88. The van der Waals surface area contributed by atoms with Gasteiger partial charge in [-0.2, -0.15) is 13.2 Å². The van der Waals surface area contributed by atoms with E-state index in [9.17, 15) is 13.2 Å². The number of rotatable bonds is 5. The summed E-state index contributed by atoms with van der Waals surface area (Å²) in [6, 6.07) is 21.3. The molecule has 2 heterocycles. The Balaban J connectivity index is 1.42. The lowest BCUT2D eigenvalue weighted by Gasteiger charge is -2.22. The number of nitrogens with one attached hydrogen (secondary N) is 1. The monoisotopic (exact) mass is 480 g/mol. The SMILES string of the molecule is FC(F)(F)c1cccc2c(-c3cccc(Oc4cccc(SC5CCNCC5)c4)c3)ccnc12. The van der Waals surface area contributed by atoms with Gasteiger partial charge in [-0.1, -0.05) is 30.3 Å². The first-order chi connectivity index (χ1) is 16.5. The fourth-order valence-electron chi connectivity index (χ4n) is 4.24. The summed E-state index contributed by atoms with van der Waals surface area (Å²) in [6.07, 6.45) is -0.753. The van der Waals surface area contributed by atoms with Crippen molar-refractivity contribution in [3.63, 3.8) is 0 Å². The first-order valence-electron chi connectivity index (χ1n) is 11.2. The maximum Gasteiger partial charge on any atom is 0.418 e. The predicted octanol–water partition coefficient (Wildman–Crippen LogP) is 7.56. The van der Waals surface area contributed by atoms with Gasteiger partial charge in [0.15, 0.2) is 0 Å². The summed E-state index contributed by atoms with van der Waals surface area (Å²) in [5, 5.41) is 4.44. The number of aromatic nitrogens is 1. The maximum absolute atomic E-state index is 13.5. The average Bonchev–Trinajstić information content (AvgIpc) is 2.84. The van der Waals surface area contributed by atoms with Crippen LogP contribution in [0.1, 0.15) is 18.4 Å². The number of hydrogen-bond donors (Lipinski definition) is 1. The van der Waals surface area contributed by atoms with Gasteiger partial charge in [0.05, 0.1) is 11.1 Å². The van der Waals surface area contributed by atoms with E-state index in [0.717, 1.165) is 43.3 Å². The number of alkyl halides is 3. The molecule has 1 aliphatic rings. The van der Waals surface area contributed by atoms with E-state index in [1.807, 2.05) is 54.2 Å². The molecule has 174 valence electrons. The summed E-state index contributed by atoms with van der Waals surface area (Å²) in [4.78, 5) is 5.19. The Kier molecular flexibility index (Phi) is 6.48. The third kappa shape index (κ3) is 5.05. The van der Waals surface area contributed by atoms with E-state index in [4.69, 9.17) is 4.74 Å². The number of nitrogens with zero attached hydrogens (tertiary/aromatic N) is 1. The van der Waals surface area contributed by atoms with Crippen LogP contribution in [0.3, 0.4) is 0 Å². The number of ether oxygens (including phenoxy) is 1. The number of benzene rings is 3. The highest BCUT2D eigenvalue weighted by atomic mass is 32.2. The lowest BCUT2D eigenvalue weighted by Crippen LogP contribution is -2.29. The third-order valence-electron chi connectivity index (χ3n) is 5.85. The Morgan fingerprint density at radius 2 is 1.62 bits per heavy atom. The van der Waals surface area contributed by atoms with Crippen molar-refractivity contribution in [2.45, 2.75) is 29.2 Å². The van der Waals surface area contributed by atoms with Crippen LogP contribution in [0, 0.1) is 0 Å². The zero-order valence-corrected chi connectivity index (χ0v) is 19.1. The number of piperidine rings is 1. The average molecular weight is 481 g/mol. The molecule has 0 bridgehead atoms. The molecule has 1 N–H and O–H groups in total. The molecule has 0 saturated carbocycles. The maximum atomic E-state index is 13.5. The Hall–Kier alpha value is -3.03. The molecule has 0 unspecified atom stereocenters. The van der Waals surface area contributed by atoms with E-state index in [0.29, 0.717) is 21.9 Å². The molecule has 34 heavy (non-hydrogen) atoms. The van der Waals surface area contributed by atoms with Crippen LogP contribution in [0.2, 0.25) is 0 Å². The van der Waals surface area contributed by atoms with Crippen molar-refractivity contribution >= 4 is 22.7 Å². The molecule has 1 saturated heterocycles. The standard InChI is InChI=1S/C27H23F3N2OS/c28-27(29,30)25-9-3-8-24-23(12-15-32-26(24)25)18-4-1-5-19(16-18)33-20-6-2-7-22(17-20)34-21-10-13-31-14-11-21/h1-9,12,15-17,21,31H,10-11,13-14H2. The van der Waals surface area contributed by atoms with E-state index < -0.39 is 11.7 Å². The quantitative estimate of drug-likeness (QED) is 0.320. The van der Waals surface area contributed by atoms with E-state index >= 15 is 0 Å². The highest BCUT2D eigenvalue weighted by Crippen LogP contribution is 2.38. The minimum atomic E-state index is -4.47. The normalized spacial score (nSPS) is 14.9. The third-order valence-corrected chi connectivity index (χ3v) is 7.18. The Bertz CT molecular complexity index is 1300. The van der Waals surface area contributed by atoms with Gasteiger partial charge in [-0.25, -0.2) is 0 Å². The zero-order valence-electron chi connectivity index (χ0n) is 18.3. The number of hydrogen-bond acceptors (Lipinski definition) is 4. The molecular weight excluding hydrogens is 457 g/mol. The minimum Gasteiger partial charge on any atom is -0.457 e.